The van der Waals surface area contributed by atoms with E-state index in [9.17, 15) is 4.48 Å². The normalized spacial score (nSPS) is 28.5. The smallest absolute Gasteiger partial charge is 0.0434 e. The molecule has 1 N–H and O–H groups in total. The van der Waals surface area contributed by atoms with Crippen LogP contribution in [0.5, 0.6) is 0 Å². The largest absolute Gasteiger partial charge is 0.156 e. The summed E-state index contributed by atoms with van der Waals surface area (Å²) < 4.78 is 12.9. The second-order valence-corrected chi connectivity index (χ2v) is 7.83. The van der Waals surface area contributed by atoms with Gasteiger partial charge in [0.15, 0.2) is 0 Å². The van der Waals surface area contributed by atoms with E-state index in [0.717, 1.165) is 37.0 Å². The SMILES string of the molecule is CCC(NF)C1CC/C1=C/C(C)C(C)[C@@H](C)C(C)[C@@H](C)CC. The molecule has 0 bridgehead atoms. The van der Waals surface area contributed by atoms with Crippen LogP contribution in [0.4, 0.5) is 4.48 Å². The molecule has 0 amide bonds. The zero-order valence-corrected chi connectivity index (χ0v) is 15.8. The Bertz CT molecular complexity index is 348. The predicted octanol–water partition coefficient (Wildman–Crippen LogP) is 6.17. The highest BCUT2D eigenvalue weighted by molar-refractivity contribution is 5.19. The summed E-state index contributed by atoms with van der Waals surface area (Å²) in [7, 11) is 0. The van der Waals surface area contributed by atoms with Gasteiger partial charge >= 0.3 is 0 Å². The fourth-order valence-corrected chi connectivity index (χ4v) is 3.92. The summed E-state index contributed by atoms with van der Waals surface area (Å²) in [6.45, 7) is 16.3. The summed E-state index contributed by atoms with van der Waals surface area (Å²) in [4.78, 5) is 0. The van der Waals surface area contributed by atoms with Crippen LogP contribution < -0.4 is 5.54 Å². The maximum Gasteiger partial charge on any atom is 0.0434 e. The maximum absolute atomic E-state index is 12.9. The molecule has 0 aliphatic heterocycles. The molecule has 1 nitrogen and oxygen atoms in total. The van der Waals surface area contributed by atoms with Crippen LogP contribution in [0.2, 0.25) is 0 Å². The maximum atomic E-state index is 12.9. The Morgan fingerprint density at radius 2 is 1.68 bits per heavy atom. The number of allylic oxidation sites excluding steroid dienone is 1. The third-order valence-electron chi connectivity index (χ3n) is 6.79. The van der Waals surface area contributed by atoms with Gasteiger partial charge in [0, 0.05) is 6.04 Å². The van der Waals surface area contributed by atoms with Crippen molar-refractivity contribution in [2.24, 2.45) is 35.5 Å². The van der Waals surface area contributed by atoms with E-state index in [1.807, 2.05) is 5.54 Å². The van der Waals surface area contributed by atoms with Gasteiger partial charge in [-0.15, -0.1) is 4.48 Å². The Morgan fingerprint density at radius 1 is 1.05 bits per heavy atom. The van der Waals surface area contributed by atoms with E-state index in [2.05, 4.69) is 54.5 Å². The second kappa shape index (κ2) is 9.05. The van der Waals surface area contributed by atoms with E-state index in [1.165, 1.54) is 12.0 Å². The van der Waals surface area contributed by atoms with Gasteiger partial charge in [0.25, 0.3) is 0 Å². The van der Waals surface area contributed by atoms with Crippen molar-refractivity contribution in [1.29, 1.82) is 0 Å². The van der Waals surface area contributed by atoms with Gasteiger partial charge in [0.05, 0.1) is 0 Å². The van der Waals surface area contributed by atoms with E-state index in [0.29, 0.717) is 17.8 Å². The van der Waals surface area contributed by atoms with Crippen molar-refractivity contribution in [2.45, 2.75) is 80.2 Å². The summed E-state index contributed by atoms with van der Waals surface area (Å²) in [5, 5.41) is 0. The first-order valence-electron chi connectivity index (χ1n) is 9.43. The Hall–Kier alpha value is -0.370. The first kappa shape index (κ1) is 19.7. The first-order chi connectivity index (χ1) is 10.4. The molecule has 0 aromatic carbocycles. The van der Waals surface area contributed by atoms with E-state index < -0.39 is 0 Å². The van der Waals surface area contributed by atoms with Crippen molar-refractivity contribution in [3.8, 4) is 0 Å². The molecule has 1 aliphatic carbocycles. The average molecular weight is 312 g/mol. The predicted molar refractivity (Wildman–Crippen MR) is 95.2 cm³/mol. The highest BCUT2D eigenvalue weighted by atomic mass is 19.2. The molecule has 1 aliphatic rings. The van der Waals surface area contributed by atoms with Gasteiger partial charge in [-0.3, -0.25) is 0 Å². The summed E-state index contributed by atoms with van der Waals surface area (Å²) >= 11 is 0. The van der Waals surface area contributed by atoms with Crippen LogP contribution in [0.25, 0.3) is 0 Å². The monoisotopic (exact) mass is 311 g/mol. The molecule has 1 rings (SSSR count). The summed E-state index contributed by atoms with van der Waals surface area (Å²) in [5.74, 6) is 3.95. The molecule has 5 unspecified atom stereocenters. The molecular weight excluding hydrogens is 273 g/mol. The van der Waals surface area contributed by atoms with Gasteiger partial charge in [-0.05, 0) is 54.8 Å². The lowest BCUT2D eigenvalue weighted by atomic mass is 9.69. The topological polar surface area (TPSA) is 12.0 Å². The van der Waals surface area contributed by atoms with Gasteiger partial charge in [-0.2, -0.15) is 5.54 Å². The molecule has 130 valence electrons. The Balaban J connectivity index is 2.67. The number of rotatable bonds is 9. The van der Waals surface area contributed by atoms with Crippen LogP contribution >= 0.6 is 0 Å². The number of halogens is 1. The van der Waals surface area contributed by atoms with Crippen LogP contribution in [0.3, 0.4) is 0 Å². The molecule has 22 heavy (non-hydrogen) atoms. The van der Waals surface area contributed by atoms with Crippen molar-refractivity contribution >= 4 is 0 Å². The van der Waals surface area contributed by atoms with Gasteiger partial charge < -0.3 is 0 Å². The minimum Gasteiger partial charge on any atom is -0.156 e. The van der Waals surface area contributed by atoms with E-state index in [4.69, 9.17) is 0 Å². The molecule has 0 aromatic rings. The van der Waals surface area contributed by atoms with E-state index in [1.54, 1.807) is 0 Å². The summed E-state index contributed by atoms with van der Waals surface area (Å²) in [6, 6.07) is 0.0129. The van der Waals surface area contributed by atoms with Crippen LogP contribution in [-0.4, -0.2) is 6.04 Å². The van der Waals surface area contributed by atoms with Crippen LogP contribution in [-0.2, 0) is 0 Å². The van der Waals surface area contributed by atoms with Crippen LogP contribution in [0.1, 0.15) is 74.1 Å². The molecule has 7 atom stereocenters. The number of hydrogen-bond donors (Lipinski definition) is 1. The summed E-state index contributed by atoms with van der Waals surface area (Å²) in [6.07, 6.45) is 6.88. The van der Waals surface area contributed by atoms with E-state index in [-0.39, 0.29) is 6.04 Å². The van der Waals surface area contributed by atoms with Crippen LogP contribution in [0, 0.1) is 35.5 Å². The van der Waals surface area contributed by atoms with Gasteiger partial charge in [-0.25, -0.2) is 0 Å². The fraction of sp³-hybridized carbons (Fsp3) is 0.900. The highest BCUT2D eigenvalue weighted by Gasteiger charge is 2.32. The highest BCUT2D eigenvalue weighted by Crippen LogP contribution is 2.40. The average Bonchev–Trinajstić information content (AvgIpc) is 2.52. The summed E-state index contributed by atoms with van der Waals surface area (Å²) in [5.41, 5.74) is 3.49. The number of hydrogen-bond acceptors (Lipinski definition) is 1. The lowest BCUT2D eigenvalue weighted by Crippen LogP contribution is -2.37. The lowest BCUT2D eigenvalue weighted by molar-refractivity contribution is 0.176. The molecule has 0 aromatic heterocycles. The zero-order valence-electron chi connectivity index (χ0n) is 15.8. The van der Waals surface area contributed by atoms with Crippen molar-refractivity contribution in [1.82, 2.24) is 5.54 Å². The Morgan fingerprint density at radius 3 is 2.09 bits per heavy atom. The van der Waals surface area contributed by atoms with Crippen molar-refractivity contribution in [3.63, 3.8) is 0 Å². The molecule has 0 heterocycles. The van der Waals surface area contributed by atoms with Crippen molar-refractivity contribution in [2.75, 3.05) is 0 Å². The van der Waals surface area contributed by atoms with Gasteiger partial charge in [0.1, 0.15) is 0 Å². The quantitative estimate of drug-likeness (QED) is 0.397. The molecule has 1 saturated carbocycles. The number of nitrogens with one attached hydrogen (secondary N) is 1. The zero-order chi connectivity index (χ0) is 16.9. The van der Waals surface area contributed by atoms with Gasteiger partial charge in [0.2, 0.25) is 0 Å². The van der Waals surface area contributed by atoms with Crippen molar-refractivity contribution < 1.29 is 4.48 Å². The second-order valence-electron chi connectivity index (χ2n) is 7.83. The Labute approximate surface area is 138 Å². The lowest BCUT2D eigenvalue weighted by Gasteiger charge is -2.38. The molecule has 1 fully saturated rings. The first-order valence-corrected chi connectivity index (χ1v) is 9.43. The minimum absolute atomic E-state index is 0.0129. The third kappa shape index (κ3) is 4.57. The molecular formula is C20H38FN. The van der Waals surface area contributed by atoms with E-state index >= 15 is 0 Å². The Kier molecular flexibility index (Phi) is 8.10. The fourth-order valence-electron chi connectivity index (χ4n) is 3.92. The third-order valence-corrected chi connectivity index (χ3v) is 6.79. The van der Waals surface area contributed by atoms with Crippen LogP contribution in [0.15, 0.2) is 11.6 Å². The van der Waals surface area contributed by atoms with Gasteiger partial charge in [-0.1, -0.05) is 66.5 Å². The van der Waals surface area contributed by atoms with Crippen molar-refractivity contribution in [3.05, 3.63) is 11.6 Å². The standard InChI is InChI=1S/C20H38FN/c1-8-13(3)15(5)17(7)16(6)14(4)12-18-10-11-19(18)20(9-2)22-21/h12-17,19-20,22H,8-11H2,1-7H3/b18-12-/t13-,14?,15?,16?,17-,19?,20?/m0/s1. The molecule has 0 spiro atoms. The molecule has 0 saturated heterocycles. The minimum atomic E-state index is 0.0129. The molecule has 0 radical (unpaired) electrons. The molecule has 2 heteroatoms.